The highest BCUT2D eigenvalue weighted by atomic mass is 16.8. The van der Waals surface area contributed by atoms with E-state index in [-0.39, 0.29) is 12.3 Å². The van der Waals surface area contributed by atoms with Crippen LogP contribution < -0.4 is 5.73 Å². The zero-order chi connectivity index (χ0) is 5.56. The first kappa shape index (κ1) is 4.73. The van der Waals surface area contributed by atoms with Crippen molar-refractivity contribution in [2.45, 2.75) is 24.9 Å². The van der Waals surface area contributed by atoms with Gasteiger partial charge in [0, 0.05) is 6.04 Å². The first-order valence-electron chi connectivity index (χ1n) is 2.89. The number of nitrogens with two attached hydrogens (primary N) is 1. The molecule has 0 amide bonds. The molecule has 0 spiro atoms. The molecule has 0 aliphatic carbocycles. The van der Waals surface area contributed by atoms with Crippen molar-refractivity contribution in [1.82, 2.24) is 0 Å². The van der Waals surface area contributed by atoms with E-state index in [1.807, 2.05) is 0 Å². The molecule has 0 radical (unpaired) electrons. The summed E-state index contributed by atoms with van der Waals surface area (Å²) in [6.07, 6.45) is 1.42. The van der Waals surface area contributed by atoms with Crippen LogP contribution in [0.3, 0.4) is 0 Å². The largest absolute Gasteiger partial charge is 0.348 e. The maximum atomic E-state index is 5.55. The molecule has 2 heterocycles. The van der Waals surface area contributed by atoms with E-state index in [0.29, 0.717) is 12.7 Å². The highest BCUT2D eigenvalue weighted by Crippen LogP contribution is 2.30. The predicted octanol–water partition coefficient (Wildman–Crippen LogP) is -0.541. The Bertz CT molecular complexity index is 107. The molecule has 2 aliphatic heterocycles. The molecule has 0 aromatic carbocycles. The standard InChI is InChI=1S/C5H9NO2/c6-3-1-4-5(8-4)7-2-3/h3-5H,1-2,6H2/t3-,4+,5?/m0/s1. The third-order valence-corrected chi connectivity index (χ3v) is 1.55. The maximum absolute atomic E-state index is 5.55. The van der Waals surface area contributed by atoms with Gasteiger partial charge in [0.1, 0.15) is 6.10 Å². The smallest absolute Gasteiger partial charge is 0.184 e. The molecule has 8 heavy (non-hydrogen) atoms. The van der Waals surface area contributed by atoms with Crippen molar-refractivity contribution in [3.8, 4) is 0 Å². The first-order valence-corrected chi connectivity index (χ1v) is 2.89. The van der Waals surface area contributed by atoms with Gasteiger partial charge in [-0.3, -0.25) is 0 Å². The number of ether oxygens (including phenoxy) is 2. The van der Waals surface area contributed by atoms with Crippen molar-refractivity contribution < 1.29 is 9.47 Å². The lowest BCUT2D eigenvalue weighted by atomic mass is 10.1. The lowest BCUT2D eigenvalue weighted by molar-refractivity contribution is 0.0375. The molecule has 0 saturated carbocycles. The predicted molar refractivity (Wildman–Crippen MR) is 27.2 cm³/mol. The summed E-state index contributed by atoms with van der Waals surface area (Å²) in [6.45, 7) is 0.668. The van der Waals surface area contributed by atoms with Crippen LogP contribution in [-0.2, 0) is 9.47 Å². The van der Waals surface area contributed by atoms with Gasteiger partial charge in [0.15, 0.2) is 6.29 Å². The molecular formula is C5H9NO2. The average molecular weight is 115 g/mol. The molecule has 1 unspecified atom stereocenters. The zero-order valence-corrected chi connectivity index (χ0v) is 4.54. The summed E-state index contributed by atoms with van der Waals surface area (Å²) in [5.74, 6) is 0. The van der Waals surface area contributed by atoms with Gasteiger partial charge in [-0.15, -0.1) is 0 Å². The quantitative estimate of drug-likeness (QED) is 0.431. The van der Waals surface area contributed by atoms with E-state index in [1.165, 1.54) is 0 Å². The highest BCUT2D eigenvalue weighted by molar-refractivity contribution is 4.85. The van der Waals surface area contributed by atoms with Crippen LogP contribution in [0.4, 0.5) is 0 Å². The van der Waals surface area contributed by atoms with E-state index >= 15 is 0 Å². The zero-order valence-electron chi connectivity index (χ0n) is 4.54. The average Bonchev–Trinajstić information content (AvgIpc) is 2.43. The Kier molecular flexibility index (Phi) is 0.848. The van der Waals surface area contributed by atoms with Crippen molar-refractivity contribution in [2.75, 3.05) is 6.61 Å². The summed E-state index contributed by atoms with van der Waals surface area (Å²) in [6, 6.07) is 0.207. The molecule has 0 bridgehead atoms. The van der Waals surface area contributed by atoms with E-state index in [2.05, 4.69) is 0 Å². The van der Waals surface area contributed by atoms with E-state index < -0.39 is 0 Å². The van der Waals surface area contributed by atoms with Crippen molar-refractivity contribution in [2.24, 2.45) is 5.73 Å². The molecular weight excluding hydrogens is 106 g/mol. The molecule has 2 aliphatic rings. The topological polar surface area (TPSA) is 47.8 Å². The second kappa shape index (κ2) is 1.43. The molecule has 3 heteroatoms. The minimum Gasteiger partial charge on any atom is -0.348 e. The Labute approximate surface area is 47.8 Å². The Balaban J connectivity index is 1.93. The number of fused-ring (bicyclic) bond motifs is 1. The van der Waals surface area contributed by atoms with Crippen LogP contribution in [0.15, 0.2) is 0 Å². The Hall–Kier alpha value is -0.120. The molecule has 2 fully saturated rings. The van der Waals surface area contributed by atoms with Crippen LogP contribution in [0.25, 0.3) is 0 Å². The fourth-order valence-corrected chi connectivity index (χ4v) is 1.03. The Morgan fingerprint density at radius 1 is 1.50 bits per heavy atom. The second-order valence-electron chi connectivity index (χ2n) is 2.37. The number of epoxide rings is 1. The van der Waals surface area contributed by atoms with Gasteiger partial charge in [0.2, 0.25) is 0 Å². The summed E-state index contributed by atoms with van der Waals surface area (Å²) < 4.78 is 10.2. The van der Waals surface area contributed by atoms with Gasteiger partial charge in [0.25, 0.3) is 0 Å². The van der Waals surface area contributed by atoms with E-state index in [0.717, 1.165) is 6.42 Å². The van der Waals surface area contributed by atoms with Crippen LogP contribution in [0, 0.1) is 0 Å². The summed E-state index contributed by atoms with van der Waals surface area (Å²) in [5, 5.41) is 0. The first-order chi connectivity index (χ1) is 3.86. The highest BCUT2D eigenvalue weighted by Gasteiger charge is 2.44. The maximum Gasteiger partial charge on any atom is 0.184 e. The van der Waals surface area contributed by atoms with Gasteiger partial charge < -0.3 is 15.2 Å². The Morgan fingerprint density at radius 2 is 2.38 bits per heavy atom. The fraction of sp³-hybridized carbons (Fsp3) is 1.00. The summed E-state index contributed by atoms with van der Waals surface area (Å²) in [5.41, 5.74) is 5.55. The lowest BCUT2D eigenvalue weighted by Gasteiger charge is -2.12. The van der Waals surface area contributed by atoms with Crippen LogP contribution in [-0.4, -0.2) is 25.0 Å². The monoisotopic (exact) mass is 115 g/mol. The van der Waals surface area contributed by atoms with Crippen molar-refractivity contribution in [1.29, 1.82) is 0 Å². The number of hydrogen-bond acceptors (Lipinski definition) is 3. The van der Waals surface area contributed by atoms with Gasteiger partial charge in [0.05, 0.1) is 6.61 Å². The van der Waals surface area contributed by atoms with Crippen LogP contribution in [0.1, 0.15) is 6.42 Å². The summed E-state index contributed by atoms with van der Waals surface area (Å²) in [7, 11) is 0. The Morgan fingerprint density at radius 3 is 3.00 bits per heavy atom. The van der Waals surface area contributed by atoms with Gasteiger partial charge >= 0.3 is 0 Å². The molecule has 0 aromatic heterocycles. The van der Waals surface area contributed by atoms with Crippen molar-refractivity contribution in [3.05, 3.63) is 0 Å². The molecule has 3 atom stereocenters. The van der Waals surface area contributed by atoms with Gasteiger partial charge in [-0.1, -0.05) is 0 Å². The minimum atomic E-state index is 0.106. The second-order valence-corrected chi connectivity index (χ2v) is 2.37. The molecule has 2 N–H and O–H groups in total. The fourth-order valence-electron chi connectivity index (χ4n) is 1.03. The molecule has 2 saturated heterocycles. The van der Waals surface area contributed by atoms with Gasteiger partial charge in [-0.05, 0) is 6.42 Å². The van der Waals surface area contributed by atoms with E-state index in [9.17, 15) is 0 Å². The SMILES string of the molecule is N[C@@H]1COC2O[C@@H]2C1. The van der Waals surface area contributed by atoms with Gasteiger partial charge in [-0.25, -0.2) is 0 Å². The summed E-state index contributed by atoms with van der Waals surface area (Å²) in [4.78, 5) is 0. The third kappa shape index (κ3) is 0.632. The number of rotatable bonds is 0. The van der Waals surface area contributed by atoms with Crippen LogP contribution in [0.5, 0.6) is 0 Å². The van der Waals surface area contributed by atoms with Gasteiger partial charge in [-0.2, -0.15) is 0 Å². The van der Waals surface area contributed by atoms with Crippen molar-refractivity contribution in [3.63, 3.8) is 0 Å². The third-order valence-electron chi connectivity index (χ3n) is 1.55. The molecule has 46 valence electrons. The molecule has 0 aromatic rings. The molecule has 3 nitrogen and oxygen atoms in total. The molecule has 2 rings (SSSR count). The summed E-state index contributed by atoms with van der Waals surface area (Å²) >= 11 is 0. The van der Waals surface area contributed by atoms with E-state index in [4.69, 9.17) is 15.2 Å². The van der Waals surface area contributed by atoms with Crippen LogP contribution in [0.2, 0.25) is 0 Å². The normalized spacial score (nSPS) is 52.9. The lowest BCUT2D eigenvalue weighted by Crippen LogP contribution is -2.32. The van der Waals surface area contributed by atoms with E-state index in [1.54, 1.807) is 0 Å². The van der Waals surface area contributed by atoms with Crippen LogP contribution >= 0.6 is 0 Å². The number of hydrogen-bond donors (Lipinski definition) is 1. The minimum absolute atomic E-state index is 0.106. The van der Waals surface area contributed by atoms with Crippen molar-refractivity contribution >= 4 is 0 Å².